The molecule has 354 valence electrons. The van der Waals surface area contributed by atoms with Gasteiger partial charge in [-0.3, -0.25) is 0 Å². The lowest BCUT2D eigenvalue weighted by Crippen LogP contribution is -2.74. The van der Waals surface area contributed by atoms with Gasteiger partial charge in [-0.15, -0.1) is 0 Å². The van der Waals surface area contributed by atoms with Crippen LogP contribution >= 0.6 is 0 Å². The Morgan fingerprint density at radius 3 is 1.34 bits per heavy atom. The van der Waals surface area contributed by atoms with E-state index < -0.39 is 56.7 Å². The standard InChI is InChI=1S/C67H70O2Si/c1-15-45-29-35-55-59(39-45)69-63-57(67(55,13)14)34-28-44(4)61(63)51-41-49(31-37-53(51)65(8,9)10)70(46-22-18-16-19-23-46,47-24-20-17-21-25-47)48-30-36-52(64(5,6)7)50(40-48)60-43(3)27-33-56-62(60)68-58-38-42(2)26-32-54(58)66(56,11)12/h16-41H,15H2,1-14H3/i2D3,3D3,4D3,15D2. The predicted octanol–water partition coefficient (Wildman–Crippen LogP) is 15.3. The fourth-order valence-corrected chi connectivity index (χ4v) is 16.2. The molecule has 8 aromatic carbocycles. The SMILES string of the molecule is [2H]C([2H])([2H])c1ccc2c(c1)Oc1c(ccc(C([2H])([2H])[2H])c1-c1cc([Si](c3ccccc3)(c3ccccc3)c3ccc(C(C)(C)C)c(-c4c(C([2H])([2H])[2H])ccc5c4Oc4cc(C([2H])([2H])C)ccc4C5(C)C)c3)ccc1C(C)(C)C)C2(C)C. The van der Waals surface area contributed by atoms with Gasteiger partial charge in [0, 0.05) is 59.3 Å². The molecule has 70 heavy (non-hydrogen) atoms. The summed E-state index contributed by atoms with van der Waals surface area (Å²) >= 11 is 0. The summed E-state index contributed by atoms with van der Waals surface area (Å²) in [6.07, 6.45) is -1.68. The zero-order valence-electron chi connectivity index (χ0n) is 53.3. The van der Waals surface area contributed by atoms with Gasteiger partial charge in [0.15, 0.2) is 8.07 Å². The molecule has 8 aromatic rings. The molecule has 0 amide bonds. The first-order valence-electron chi connectivity index (χ1n) is 29.9. The van der Waals surface area contributed by atoms with Gasteiger partial charge in [-0.25, -0.2) is 0 Å². The summed E-state index contributed by atoms with van der Waals surface area (Å²) in [5, 5.41) is 3.89. The fourth-order valence-electron chi connectivity index (χ4n) is 11.5. The van der Waals surface area contributed by atoms with Crippen molar-refractivity contribution >= 4 is 28.8 Å². The van der Waals surface area contributed by atoms with Crippen LogP contribution in [0.25, 0.3) is 22.3 Å². The molecule has 0 saturated carbocycles. The van der Waals surface area contributed by atoms with E-state index in [2.05, 4.69) is 130 Å². The minimum atomic E-state index is -3.69. The van der Waals surface area contributed by atoms with Gasteiger partial charge in [0.25, 0.3) is 0 Å². The number of hydrogen-bond acceptors (Lipinski definition) is 2. The molecular formula is C67H70O2Si. The van der Waals surface area contributed by atoms with Crippen molar-refractivity contribution in [1.82, 2.24) is 0 Å². The highest BCUT2D eigenvalue weighted by molar-refractivity contribution is 7.20. The number of fused-ring (bicyclic) bond motifs is 4. The monoisotopic (exact) mass is 946 g/mol. The van der Waals surface area contributed by atoms with E-state index in [4.69, 9.17) is 16.3 Å². The Balaban J connectivity index is 1.34. The number of aryl methyl sites for hydroxylation is 4. The average molecular weight is 946 g/mol. The summed E-state index contributed by atoms with van der Waals surface area (Å²) in [5.74, 6) is 1.57. The first-order chi connectivity index (χ1) is 37.5. The fraction of sp³-hybridized carbons (Fsp3) is 0.284. The molecule has 2 aliphatic heterocycles. The van der Waals surface area contributed by atoms with Crippen molar-refractivity contribution in [2.24, 2.45) is 0 Å². The Morgan fingerprint density at radius 1 is 0.471 bits per heavy atom. The lowest BCUT2D eigenvalue weighted by molar-refractivity contribution is 0.418. The Bertz CT molecular complexity index is 3530. The lowest BCUT2D eigenvalue weighted by Gasteiger charge is -2.39. The first-order valence-corrected chi connectivity index (χ1v) is 26.4. The molecule has 2 nitrogen and oxygen atoms in total. The smallest absolute Gasteiger partial charge is 0.179 e. The molecule has 0 saturated heterocycles. The predicted molar refractivity (Wildman–Crippen MR) is 299 cm³/mol. The van der Waals surface area contributed by atoms with Crippen LogP contribution in [0.3, 0.4) is 0 Å². The Hall–Kier alpha value is -6.42. The molecule has 0 unspecified atom stereocenters. The third kappa shape index (κ3) is 7.50. The number of rotatable bonds is 7. The normalized spacial score (nSPS) is 17.7. The molecule has 3 heteroatoms. The number of ether oxygens (including phenoxy) is 2. The minimum Gasteiger partial charge on any atom is -0.456 e. The van der Waals surface area contributed by atoms with Crippen LogP contribution in [0, 0.1) is 20.6 Å². The van der Waals surface area contributed by atoms with Gasteiger partial charge in [-0.2, -0.15) is 0 Å². The van der Waals surface area contributed by atoms with Crippen LogP contribution in [0.2, 0.25) is 0 Å². The summed E-state index contributed by atoms with van der Waals surface area (Å²) in [6, 6.07) is 51.3. The van der Waals surface area contributed by atoms with Gasteiger partial charge >= 0.3 is 0 Å². The summed E-state index contributed by atoms with van der Waals surface area (Å²) in [6.45, 7) is 14.9. The van der Waals surface area contributed by atoms with Crippen LogP contribution in [0.15, 0.2) is 158 Å². The maximum Gasteiger partial charge on any atom is 0.179 e. The van der Waals surface area contributed by atoms with E-state index in [0.29, 0.717) is 50.8 Å². The summed E-state index contributed by atoms with van der Waals surface area (Å²) in [4.78, 5) is 0. The molecule has 2 heterocycles. The zero-order valence-corrected chi connectivity index (χ0v) is 43.3. The van der Waals surface area contributed by atoms with Gasteiger partial charge in [-0.1, -0.05) is 222 Å². The van der Waals surface area contributed by atoms with E-state index >= 15 is 0 Å². The van der Waals surface area contributed by atoms with Gasteiger partial charge < -0.3 is 9.47 Å². The van der Waals surface area contributed by atoms with Crippen molar-refractivity contribution < 1.29 is 24.6 Å². The second-order valence-electron chi connectivity index (χ2n) is 22.4. The Labute approximate surface area is 435 Å². The lowest BCUT2D eigenvalue weighted by atomic mass is 9.73. The van der Waals surface area contributed by atoms with Crippen molar-refractivity contribution in [3.05, 3.63) is 213 Å². The van der Waals surface area contributed by atoms with Gasteiger partial charge in [0.05, 0.1) is 0 Å². The van der Waals surface area contributed by atoms with Crippen molar-refractivity contribution in [1.29, 1.82) is 0 Å². The van der Waals surface area contributed by atoms with Gasteiger partial charge in [0.1, 0.15) is 23.0 Å². The van der Waals surface area contributed by atoms with E-state index in [0.717, 1.165) is 54.1 Å². The minimum absolute atomic E-state index is 0.0939. The van der Waals surface area contributed by atoms with Gasteiger partial charge in [-0.05, 0) is 115 Å². The highest BCUT2D eigenvalue weighted by Gasteiger charge is 2.45. The van der Waals surface area contributed by atoms with Crippen LogP contribution < -0.4 is 30.2 Å². The first kappa shape index (κ1) is 35.6. The average Bonchev–Trinajstić information content (AvgIpc) is 2.59. The second-order valence-corrected chi connectivity index (χ2v) is 26.2. The molecule has 0 spiro atoms. The Kier molecular flexibility index (Phi) is 8.59. The molecule has 0 fully saturated rings. The zero-order chi connectivity index (χ0) is 59.0. The number of benzene rings is 8. The van der Waals surface area contributed by atoms with Gasteiger partial charge in [0.2, 0.25) is 0 Å². The van der Waals surface area contributed by atoms with Crippen LogP contribution in [0.5, 0.6) is 23.0 Å². The topological polar surface area (TPSA) is 18.5 Å². The molecule has 0 aliphatic carbocycles. The van der Waals surface area contributed by atoms with Crippen LogP contribution in [-0.4, -0.2) is 8.07 Å². The third-order valence-electron chi connectivity index (χ3n) is 15.2. The molecule has 10 rings (SSSR count). The van der Waals surface area contributed by atoms with E-state index in [1.807, 2.05) is 54.6 Å². The Morgan fingerprint density at radius 2 is 0.914 bits per heavy atom. The molecule has 0 N–H and O–H groups in total. The maximum absolute atomic E-state index is 9.21. The molecule has 2 aliphatic rings. The molecule has 0 atom stereocenters. The van der Waals surface area contributed by atoms with Crippen LogP contribution in [0.1, 0.15) is 147 Å². The van der Waals surface area contributed by atoms with Crippen LogP contribution in [0.4, 0.5) is 0 Å². The summed E-state index contributed by atoms with van der Waals surface area (Å²) < 4.78 is 112. The molecular weight excluding hydrogens is 865 g/mol. The maximum atomic E-state index is 9.21. The van der Waals surface area contributed by atoms with E-state index in [1.54, 1.807) is 42.5 Å². The molecule has 0 bridgehead atoms. The quantitative estimate of drug-likeness (QED) is 0.117. The van der Waals surface area contributed by atoms with E-state index in [1.165, 1.54) is 6.92 Å². The summed E-state index contributed by atoms with van der Waals surface area (Å²) in [5.41, 5.74) is 5.41. The second kappa shape index (κ2) is 16.9. The molecule has 0 aromatic heterocycles. The number of hydrogen-bond donors (Lipinski definition) is 0. The van der Waals surface area contributed by atoms with Crippen LogP contribution in [-0.2, 0) is 28.0 Å². The van der Waals surface area contributed by atoms with E-state index in [-0.39, 0.29) is 16.7 Å². The summed E-state index contributed by atoms with van der Waals surface area (Å²) in [7, 11) is -3.69. The largest absolute Gasteiger partial charge is 0.456 e. The van der Waals surface area contributed by atoms with E-state index in [9.17, 15) is 8.22 Å². The van der Waals surface area contributed by atoms with Crippen molar-refractivity contribution in [3.8, 4) is 45.3 Å². The van der Waals surface area contributed by atoms with Crippen molar-refractivity contribution in [2.75, 3.05) is 0 Å². The van der Waals surface area contributed by atoms with Crippen molar-refractivity contribution in [2.45, 2.75) is 125 Å². The van der Waals surface area contributed by atoms with Crippen molar-refractivity contribution in [3.63, 3.8) is 0 Å². The highest BCUT2D eigenvalue weighted by Crippen LogP contribution is 2.55. The highest BCUT2D eigenvalue weighted by atomic mass is 28.3. The molecule has 0 radical (unpaired) electrons. The third-order valence-corrected chi connectivity index (χ3v) is 19.9.